The van der Waals surface area contributed by atoms with Crippen molar-refractivity contribution in [2.45, 2.75) is 142 Å². The molecule has 0 bridgehead atoms. The molecule has 1 unspecified atom stereocenters. The van der Waals surface area contributed by atoms with Crippen LogP contribution >= 0.6 is 0 Å². The van der Waals surface area contributed by atoms with Crippen LogP contribution in [0.15, 0.2) is 0 Å². The molecule has 0 aliphatic heterocycles. The molecule has 1 atom stereocenters. The van der Waals surface area contributed by atoms with Gasteiger partial charge in [0, 0.05) is 0 Å². The third kappa shape index (κ3) is 27.3. The second-order valence-corrected chi connectivity index (χ2v) is 8.19. The van der Waals surface area contributed by atoms with Crippen LogP contribution in [0.3, 0.4) is 0 Å². The number of rotatable bonds is 20. The van der Waals surface area contributed by atoms with Gasteiger partial charge in [-0.05, 0) is 5.92 Å². The van der Waals surface area contributed by atoms with Gasteiger partial charge >= 0.3 is 23.1 Å². The standard InChI is InChI=1S/C24H49.ClH.Mg/c1-4-6-8-10-11-12-13-14-15-16-17-18-19-21-23-24(3)22-20-9-7-5-2;;/h24H,2,4-23H2,1,3H3;1H;/q-1;;+2/p-1. The molecule has 0 aromatic rings. The Kier molecular flexibility index (Phi) is 34.5. The molecule has 0 aliphatic carbocycles. The smallest absolute Gasteiger partial charge is 1.00 e. The number of hydrogen-bond acceptors (Lipinski definition) is 0. The molecule has 0 nitrogen and oxygen atoms in total. The van der Waals surface area contributed by atoms with Crippen LogP contribution < -0.4 is 12.4 Å². The minimum Gasteiger partial charge on any atom is -1.00 e. The summed E-state index contributed by atoms with van der Waals surface area (Å²) in [5.41, 5.74) is 0. The molecule has 0 aromatic heterocycles. The zero-order chi connectivity index (χ0) is 17.7. The molecule has 0 saturated heterocycles. The van der Waals surface area contributed by atoms with Crippen molar-refractivity contribution in [2.24, 2.45) is 5.92 Å². The van der Waals surface area contributed by atoms with Crippen molar-refractivity contribution in [3.05, 3.63) is 6.92 Å². The third-order valence-electron chi connectivity index (χ3n) is 5.50. The predicted molar refractivity (Wildman–Crippen MR) is 118 cm³/mol. The van der Waals surface area contributed by atoms with Crippen molar-refractivity contribution in [1.82, 2.24) is 0 Å². The Morgan fingerprint density at radius 2 is 0.846 bits per heavy atom. The van der Waals surface area contributed by atoms with E-state index in [1.807, 2.05) is 0 Å². The summed E-state index contributed by atoms with van der Waals surface area (Å²) < 4.78 is 0. The van der Waals surface area contributed by atoms with Crippen LogP contribution in [0.4, 0.5) is 0 Å². The first-order valence-electron chi connectivity index (χ1n) is 11.6. The summed E-state index contributed by atoms with van der Waals surface area (Å²) in [6, 6.07) is 0. The van der Waals surface area contributed by atoms with Gasteiger partial charge in [-0.15, -0.1) is 0 Å². The maximum Gasteiger partial charge on any atom is 2.00 e. The molecule has 0 rings (SSSR count). The molecule has 0 heterocycles. The Morgan fingerprint density at radius 3 is 1.19 bits per heavy atom. The summed E-state index contributed by atoms with van der Waals surface area (Å²) in [6.45, 7) is 8.67. The fourth-order valence-electron chi connectivity index (χ4n) is 3.68. The zero-order valence-electron chi connectivity index (χ0n) is 18.5. The van der Waals surface area contributed by atoms with Gasteiger partial charge in [0.1, 0.15) is 0 Å². The molecule has 0 aliphatic rings. The molecule has 154 valence electrons. The molecule has 0 spiro atoms. The van der Waals surface area contributed by atoms with E-state index in [0.717, 1.165) is 12.3 Å². The molecule has 0 saturated carbocycles. The number of halogens is 1. The topological polar surface area (TPSA) is 0 Å². The number of unbranched alkanes of at least 4 members (excludes halogenated alkanes) is 16. The van der Waals surface area contributed by atoms with Crippen molar-refractivity contribution in [1.29, 1.82) is 0 Å². The molecular formula is C24H49ClMg. The van der Waals surface area contributed by atoms with E-state index < -0.39 is 0 Å². The van der Waals surface area contributed by atoms with Crippen LogP contribution in [0.2, 0.25) is 0 Å². The predicted octanol–water partition coefficient (Wildman–Crippen LogP) is 5.90. The van der Waals surface area contributed by atoms with Gasteiger partial charge in [0.15, 0.2) is 0 Å². The van der Waals surface area contributed by atoms with Crippen LogP contribution in [0.5, 0.6) is 0 Å². The summed E-state index contributed by atoms with van der Waals surface area (Å²) in [4.78, 5) is 0. The molecule has 0 fully saturated rings. The zero-order valence-corrected chi connectivity index (χ0v) is 20.7. The van der Waals surface area contributed by atoms with Crippen LogP contribution in [0, 0.1) is 12.8 Å². The largest absolute Gasteiger partial charge is 2.00 e. The van der Waals surface area contributed by atoms with Gasteiger partial charge in [0.05, 0.1) is 0 Å². The second-order valence-electron chi connectivity index (χ2n) is 8.19. The Balaban J connectivity index is -0.00000264. The summed E-state index contributed by atoms with van der Waals surface area (Å²) in [6.07, 6.45) is 28.7. The van der Waals surface area contributed by atoms with Crippen LogP contribution in [0.25, 0.3) is 0 Å². The van der Waals surface area contributed by atoms with Gasteiger partial charge in [-0.1, -0.05) is 136 Å². The molecule has 0 N–H and O–H groups in total. The van der Waals surface area contributed by atoms with Crippen LogP contribution in [-0.2, 0) is 0 Å². The van der Waals surface area contributed by atoms with E-state index in [0.29, 0.717) is 0 Å². The maximum atomic E-state index is 3.92. The van der Waals surface area contributed by atoms with Gasteiger partial charge in [0.25, 0.3) is 0 Å². The minimum atomic E-state index is 0. The van der Waals surface area contributed by atoms with Gasteiger partial charge in [-0.25, -0.2) is 0 Å². The SMILES string of the molecule is [CH2-]CCCCCC(C)CCCCCCCCCCCCCCCC.[Cl-].[Mg+2]. The maximum absolute atomic E-state index is 3.92. The Morgan fingerprint density at radius 1 is 0.538 bits per heavy atom. The first kappa shape index (κ1) is 31.7. The summed E-state index contributed by atoms with van der Waals surface area (Å²) >= 11 is 0. The first-order chi connectivity index (χ1) is 11.8. The average Bonchev–Trinajstić information content (AvgIpc) is 2.59. The summed E-state index contributed by atoms with van der Waals surface area (Å²) in [7, 11) is 0. The number of hydrogen-bond donors (Lipinski definition) is 0. The second kappa shape index (κ2) is 28.3. The fraction of sp³-hybridized carbons (Fsp3) is 0.958. The van der Waals surface area contributed by atoms with E-state index >= 15 is 0 Å². The van der Waals surface area contributed by atoms with Gasteiger partial charge < -0.3 is 19.3 Å². The molecule has 2 heteroatoms. The van der Waals surface area contributed by atoms with Crippen LogP contribution in [0.1, 0.15) is 142 Å². The van der Waals surface area contributed by atoms with Crippen molar-refractivity contribution in [3.63, 3.8) is 0 Å². The average molecular weight is 397 g/mol. The first-order valence-corrected chi connectivity index (χ1v) is 11.6. The van der Waals surface area contributed by atoms with E-state index in [2.05, 4.69) is 20.8 Å². The Labute approximate surface area is 190 Å². The monoisotopic (exact) mass is 396 g/mol. The minimum absolute atomic E-state index is 0. The third-order valence-corrected chi connectivity index (χ3v) is 5.50. The van der Waals surface area contributed by atoms with E-state index in [9.17, 15) is 0 Å². The van der Waals surface area contributed by atoms with Crippen molar-refractivity contribution >= 4 is 23.1 Å². The van der Waals surface area contributed by atoms with Gasteiger partial charge in [-0.2, -0.15) is 6.42 Å². The molecule has 0 aromatic carbocycles. The van der Waals surface area contributed by atoms with Gasteiger partial charge in [-0.3, -0.25) is 0 Å². The van der Waals surface area contributed by atoms with Crippen molar-refractivity contribution in [2.75, 3.05) is 0 Å². The molecular weight excluding hydrogens is 348 g/mol. The Hall–Kier alpha value is 1.06. The van der Waals surface area contributed by atoms with Crippen LogP contribution in [-0.4, -0.2) is 23.1 Å². The van der Waals surface area contributed by atoms with Crippen molar-refractivity contribution < 1.29 is 12.4 Å². The van der Waals surface area contributed by atoms with E-state index in [1.54, 1.807) is 0 Å². The van der Waals surface area contributed by atoms with E-state index in [-0.39, 0.29) is 35.5 Å². The molecule has 0 amide bonds. The quantitative estimate of drug-likeness (QED) is 0.136. The molecule has 26 heavy (non-hydrogen) atoms. The Bertz CT molecular complexity index is 220. The van der Waals surface area contributed by atoms with Crippen molar-refractivity contribution in [3.8, 4) is 0 Å². The summed E-state index contributed by atoms with van der Waals surface area (Å²) in [5, 5.41) is 0. The van der Waals surface area contributed by atoms with E-state index in [4.69, 9.17) is 0 Å². The van der Waals surface area contributed by atoms with E-state index in [1.165, 1.54) is 122 Å². The molecule has 0 radical (unpaired) electrons. The fourth-order valence-corrected chi connectivity index (χ4v) is 3.68. The normalized spacial score (nSPS) is 11.7. The summed E-state index contributed by atoms with van der Waals surface area (Å²) in [5.74, 6) is 0.951. The van der Waals surface area contributed by atoms with Gasteiger partial charge in [0.2, 0.25) is 0 Å².